The van der Waals surface area contributed by atoms with Crippen LogP contribution in [-0.2, 0) is 11.3 Å². The van der Waals surface area contributed by atoms with E-state index in [9.17, 15) is 9.59 Å². The van der Waals surface area contributed by atoms with Crippen molar-refractivity contribution in [2.24, 2.45) is 5.73 Å². The molecule has 0 aliphatic carbocycles. The summed E-state index contributed by atoms with van der Waals surface area (Å²) in [5, 5.41) is 11.8. The summed E-state index contributed by atoms with van der Waals surface area (Å²) in [5.41, 5.74) is 5.72. The van der Waals surface area contributed by atoms with Crippen molar-refractivity contribution in [1.29, 1.82) is 0 Å². The summed E-state index contributed by atoms with van der Waals surface area (Å²) in [5.74, 6) is 0.148. The minimum atomic E-state index is -0.414. The first-order chi connectivity index (χ1) is 11.4. The van der Waals surface area contributed by atoms with E-state index >= 15 is 0 Å². The molecular formula is C15H18BrN5O2S. The maximum absolute atomic E-state index is 12.4. The minimum absolute atomic E-state index is 0.135. The zero-order valence-electron chi connectivity index (χ0n) is 13.3. The SMILES string of the molecule is CCn1c(SCC(N)=O)nnc1[C@H](C)NC(=O)c1ccccc1Br. The minimum Gasteiger partial charge on any atom is -0.369 e. The lowest BCUT2D eigenvalue weighted by atomic mass is 10.2. The molecule has 0 bridgehead atoms. The maximum atomic E-state index is 12.4. The van der Waals surface area contributed by atoms with Gasteiger partial charge in [-0.2, -0.15) is 0 Å². The Hall–Kier alpha value is -1.87. The molecule has 24 heavy (non-hydrogen) atoms. The van der Waals surface area contributed by atoms with Crippen LogP contribution in [0.5, 0.6) is 0 Å². The number of nitrogens with zero attached hydrogens (tertiary/aromatic N) is 3. The third-order valence-electron chi connectivity index (χ3n) is 3.26. The molecular weight excluding hydrogens is 394 g/mol. The Bertz CT molecular complexity index is 749. The molecule has 9 heteroatoms. The van der Waals surface area contributed by atoms with Crippen molar-refractivity contribution < 1.29 is 9.59 Å². The first kappa shape index (κ1) is 18.5. The van der Waals surface area contributed by atoms with Crippen molar-refractivity contribution in [3.05, 3.63) is 40.1 Å². The number of primary amides is 1. The van der Waals surface area contributed by atoms with Gasteiger partial charge in [0.2, 0.25) is 5.91 Å². The standard InChI is InChI=1S/C15H18BrN5O2S/c1-3-21-13(19-20-15(21)24-8-12(17)22)9(2)18-14(23)10-6-4-5-7-11(10)16/h4-7,9H,3,8H2,1-2H3,(H2,17,22)(H,18,23)/t9-/m0/s1. The molecule has 1 aromatic carbocycles. The number of nitrogens with two attached hydrogens (primary N) is 1. The molecule has 0 saturated carbocycles. The number of carbonyl (C=O) groups is 2. The van der Waals surface area contributed by atoms with E-state index in [2.05, 4.69) is 31.4 Å². The predicted octanol–water partition coefficient (Wildman–Crippen LogP) is 2.13. The second-order valence-corrected chi connectivity index (χ2v) is 6.81. The van der Waals surface area contributed by atoms with Crippen molar-refractivity contribution in [2.75, 3.05) is 5.75 Å². The van der Waals surface area contributed by atoms with Crippen LogP contribution < -0.4 is 11.1 Å². The number of aromatic nitrogens is 3. The maximum Gasteiger partial charge on any atom is 0.253 e. The van der Waals surface area contributed by atoms with Gasteiger partial charge in [0.25, 0.3) is 5.91 Å². The van der Waals surface area contributed by atoms with Crippen LogP contribution in [0.15, 0.2) is 33.9 Å². The van der Waals surface area contributed by atoms with Crippen molar-refractivity contribution in [1.82, 2.24) is 20.1 Å². The first-order valence-corrected chi connectivity index (χ1v) is 9.11. The van der Waals surface area contributed by atoms with Gasteiger partial charge in [0.1, 0.15) is 0 Å². The summed E-state index contributed by atoms with van der Waals surface area (Å²) < 4.78 is 2.59. The Labute approximate surface area is 152 Å². The zero-order valence-corrected chi connectivity index (χ0v) is 15.7. The first-order valence-electron chi connectivity index (χ1n) is 7.33. The Morgan fingerprint density at radius 3 is 2.71 bits per heavy atom. The fraction of sp³-hybridized carbons (Fsp3) is 0.333. The number of hydrogen-bond acceptors (Lipinski definition) is 5. The lowest BCUT2D eigenvalue weighted by Crippen LogP contribution is -2.29. The summed E-state index contributed by atoms with van der Waals surface area (Å²) in [7, 11) is 0. The van der Waals surface area contributed by atoms with E-state index in [1.807, 2.05) is 30.5 Å². The van der Waals surface area contributed by atoms with Gasteiger partial charge in [-0.05, 0) is 41.9 Å². The molecule has 1 heterocycles. The smallest absolute Gasteiger partial charge is 0.253 e. The number of carbonyl (C=O) groups excluding carboxylic acids is 2. The molecule has 0 spiro atoms. The second kappa shape index (κ2) is 8.29. The molecule has 3 N–H and O–H groups in total. The van der Waals surface area contributed by atoms with Gasteiger partial charge in [0.05, 0.1) is 17.4 Å². The molecule has 1 atom stereocenters. The van der Waals surface area contributed by atoms with E-state index in [0.29, 0.717) is 23.1 Å². The Kier molecular flexibility index (Phi) is 6.38. The number of halogens is 1. The van der Waals surface area contributed by atoms with Crippen LogP contribution in [0.25, 0.3) is 0 Å². The summed E-state index contributed by atoms with van der Waals surface area (Å²) in [6.07, 6.45) is 0. The van der Waals surface area contributed by atoms with E-state index < -0.39 is 5.91 Å². The molecule has 0 aliphatic rings. The summed E-state index contributed by atoms with van der Waals surface area (Å²) in [4.78, 5) is 23.3. The number of nitrogens with one attached hydrogen (secondary N) is 1. The van der Waals surface area contributed by atoms with Crippen molar-refractivity contribution in [3.63, 3.8) is 0 Å². The van der Waals surface area contributed by atoms with E-state index in [0.717, 1.165) is 4.47 Å². The van der Waals surface area contributed by atoms with Gasteiger partial charge in [0.15, 0.2) is 11.0 Å². The van der Waals surface area contributed by atoms with Crippen LogP contribution in [0.3, 0.4) is 0 Å². The molecule has 0 radical (unpaired) electrons. The van der Waals surface area contributed by atoms with Crippen LogP contribution in [0.2, 0.25) is 0 Å². The highest BCUT2D eigenvalue weighted by Crippen LogP contribution is 2.21. The van der Waals surface area contributed by atoms with Gasteiger partial charge < -0.3 is 15.6 Å². The van der Waals surface area contributed by atoms with E-state index in [-0.39, 0.29) is 17.7 Å². The van der Waals surface area contributed by atoms with Gasteiger partial charge in [-0.1, -0.05) is 23.9 Å². The molecule has 1 aromatic heterocycles. The highest BCUT2D eigenvalue weighted by atomic mass is 79.9. The Balaban J connectivity index is 2.15. The van der Waals surface area contributed by atoms with Crippen molar-refractivity contribution in [3.8, 4) is 0 Å². The fourth-order valence-corrected chi connectivity index (χ4v) is 3.36. The van der Waals surface area contributed by atoms with Gasteiger partial charge in [0, 0.05) is 11.0 Å². The number of hydrogen-bond donors (Lipinski definition) is 2. The molecule has 0 saturated heterocycles. The molecule has 2 aromatic rings. The molecule has 0 fully saturated rings. The third kappa shape index (κ3) is 4.35. The third-order valence-corrected chi connectivity index (χ3v) is 4.94. The average molecular weight is 412 g/mol. The number of benzene rings is 1. The number of rotatable bonds is 7. The van der Waals surface area contributed by atoms with Crippen LogP contribution in [0.4, 0.5) is 0 Å². The van der Waals surface area contributed by atoms with E-state index in [1.165, 1.54) is 11.8 Å². The number of thioether (sulfide) groups is 1. The molecule has 2 rings (SSSR count). The zero-order chi connectivity index (χ0) is 17.7. The number of amides is 2. The Morgan fingerprint density at radius 1 is 1.38 bits per heavy atom. The second-order valence-electron chi connectivity index (χ2n) is 5.02. The fourth-order valence-electron chi connectivity index (χ4n) is 2.14. The van der Waals surface area contributed by atoms with Crippen LogP contribution in [0, 0.1) is 0 Å². The van der Waals surface area contributed by atoms with Crippen LogP contribution in [0.1, 0.15) is 36.1 Å². The highest BCUT2D eigenvalue weighted by molar-refractivity contribution is 9.10. The molecule has 0 aliphatic heterocycles. The summed E-state index contributed by atoms with van der Waals surface area (Å²) >= 11 is 4.60. The quantitative estimate of drug-likeness (QED) is 0.679. The topological polar surface area (TPSA) is 103 Å². The normalized spacial score (nSPS) is 12.0. The predicted molar refractivity (Wildman–Crippen MR) is 95.6 cm³/mol. The summed E-state index contributed by atoms with van der Waals surface area (Å²) in [6, 6.07) is 6.87. The van der Waals surface area contributed by atoms with Gasteiger partial charge in [-0.25, -0.2) is 0 Å². The van der Waals surface area contributed by atoms with E-state index in [1.54, 1.807) is 12.1 Å². The largest absolute Gasteiger partial charge is 0.369 e. The molecule has 128 valence electrons. The van der Waals surface area contributed by atoms with Crippen LogP contribution >= 0.6 is 27.7 Å². The highest BCUT2D eigenvalue weighted by Gasteiger charge is 2.20. The average Bonchev–Trinajstić information content (AvgIpc) is 2.96. The molecule has 2 amide bonds. The van der Waals surface area contributed by atoms with Crippen molar-refractivity contribution >= 4 is 39.5 Å². The van der Waals surface area contributed by atoms with Gasteiger partial charge >= 0.3 is 0 Å². The van der Waals surface area contributed by atoms with Gasteiger partial charge in [-0.3, -0.25) is 9.59 Å². The van der Waals surface area contributed by atoms with E-state index in [4.69, 9.17) is 5.73 Å². The molecule has 7 nitrogen and oxygen atoms in total. The summed E-state index contributed by atoms with van der Waals surface area (Å²) in [6.45, 7) is 4.41. The van der Waals surface area contributed by atoms with Gasteiger partial charge in [-0.15, -0.1) is 10.2 Å². The Morgan fingerprint density at radius 2 is 2.08 bits per heavy atom. The van der Waals surface area contributed by atoms with Crippen molar-refractivity contribution in [2.45, 2.75) is 31.6 Å². The lowest BCUT2D eigenvalue weighted by Gasteiger charge is -2.15. The molecule has 0 unspecified atom stereocenters. The van der Waals surface area contributed by atoms with Crippen LogP contribution in [-0.4, -0.2) is 32.3 Å². The monoisotopic (exact) mass is 411 g/mol. The lowest BCUT2D eigenvalue weighted by molar-refractivity contribution is -0.115.